The molecule has 2 amide bonds. The molecule has 162 valence electrons. The van der Waals surface area contributed by atoms with Crippen molar-refractivity contribution in [1.29, 1.82) is 0 Å². The van der Waals surface area contributed by atoms with Crippen LogP contribution < -0.4 is 4.90 Å². The molecule has 4 nitrogen and oxygen atoms in total. The van der Waals surface area contributed by atoms with E-state index in [1.54, 1.807) is 41.8 Å². The monoisotopic (exact) mass is 415 g/mol. The number of carbonyl (C=O) groups is 1. The van der Waals surface area contributed by atoms with E-state index in [4.69, 9.17) is 0 Å². The Hall–Kier alpha value is -2.47. The third-order valence-corrected chi connectivity index (χ3v) is 5.31. The number of alkyl halides is 2. The van der Waals surface area contributed by atoms with E-state index in [0.717, 1.165) is 11.1 Å². The van der Waals surface area contributed by atoms with Gasteiger partial charge in [-0.05, 0) is 44.0 Å². The molecule has 30 heavy (non-hydrogen) atoms. The van der Waals surface area contributed by atoms with E-state index in [2.05, 4.69) is 4.90 Å². The van der Waals surface area contributed by atoms with Gasteiger partial charge < -0.3 is 4.90 Å². The van der Waals surface area contributed by atoms with Gasteiger partial charge in [-0.1, -0.05) is 42.0 Å². The Morgan fingerprint density at radius 2 is 1.70 bits per heavy atom. The van der Waals surface area contributed by atoms with Gasteiger partial charge in [-0.25, -0.2) is 13.6 Å². The maximum atomic E-state index is 14.0. The molecule has 0 N–H and O–H groups in total. The van der Waals surface area contributed by atoms with Crippen LogP contribution >= 0.6 is 0 Å². The van der Waals surface area contributed by atoms with Crippen molar-refractivity contribution in [3.63, 3.8) is 0 Å². The summed E-state index contributed by atoms with van der Waals surface area (Å²) >= 11 is 0. The Labute approximate surface area is 178 Å². The second-order valence-corrected chi connectivity index (χ2v) is 8.64. The predicted molar refractivity (Wildman–Crippen MR) is 117 cm³/mol. The zero-order valence-electron chi connectivity index (χ0n) is 18.1. The molecule has 1 fully saturated rings. The lowest BCUT2D eigenvalue weighted by Gasteiger charge is -2.39. The number of piperazine rings is 1. The Kier molecular flexibility index (Phi) is 7.08. The van der Waals surface area contributed by atoms with Crippen molar-refractivity contribution >= 4 is 11.7 Å². The molecule has 1 aliphatic heterocycles. The normalized spacial score (nSPS) is 15.3. The summed E-state index contributed by atoms with van der Waals surface area (Å²) in [7, 11) is 0. The SMILES string of the molecule is Cc1ccc(CN(C(=O)N2CCN(CC(C)(C)F)CC2)c2cccc(CF)c2)cc1. The third-order valence-electron chi connectivity index (χ3n) is 5.31. The number of carbonyl (C=O) groups excluding carboxylic acids is 1. The second-order valence-electron chi connectivity index (χ2n) is 8.64. The van der Waals surface area contributed by atoms with Gasteiger partial charge in [-0.2, -0.15) is 0 Å². The minimum absolute atomic E-state index is 0.106. The van der Waals surface area contributed by atoms with E-state index in [1.165, 1.54) is 0 Å². The molecule has 0 atom stereocenters. The van der Waals surface area contributed by atoms with Crippen molar-refractivity contribution in [3.05, 3.63) is 65.2 Å². The molecule has 0 aliphatic carbocycles. The summed E-state index contributed by atoms with van der Waals surface area (Å²) in [5, 5.41) is 0. The Balaban J connectivity index is 1.77. The highest BCUT2D eigenvalue weighted by molar-refractivity contribution is 5.92. The van der Waals surface area contributed by atoms with Crippen LogP contribution in [0.4, 0.5) is 19.3 Å². The Bertz CT molecular complexity index is 840. The Morgan fingerprint density at radius 3 is 2.30 bits per heavy atom. The first-order chi connectivity index (χ1) is 14.2. The van der Waals surface area contributed by atoms with Gasteiger partial charge in [0.1, 0.15) is 12.3 Å². The highest BCUT2D eigenvalue weighted by atomic mass is 19.1. The molecule has 0 spiro atoms. The summed E-state index contributed by atoms with van der Waals surface area (Å²) in [4.78, 5) is 19.0. The fourth-order valence-electron chi connectivity index (χ4n) is 3.75. The van der Waals surface area contributed by atoms with Crippen LogP contribution in [0.1, 0.15) is 30.5 Å². The minimum Gasteiger partial charge on any atom is -0.322 e. The van der Waals surface area contributed by atoms with Crippen molar-refractivity contribution in [3.8, 4) is 0 Å². The largest absolute Gasteiger partial charge is 0.324 e. The van der Waals surface area contributed by atoms with Gasteiger partial charge >= 0.3 is 6.03 Å². The number of aryl methyl sites for hydroxylation is 1. The number of urea groups is 1. The van der Waals surface area contributed by atoms with E-state index in [-0.39, 0.29) is 6.03 Å². The zero-order chi connectivity index (χ0) is 21.7. The van der Waals surface area contributed by atoms with Crippen LogP contribution in [0.25, 0.3) is 0 Å². The maximum Gasteiger partial charge on any atom is 0.324 e. The minimum atomic E-state index is -1.25. The summed E-state index contributed by atoms with van der Waals surface area (Å²) in [6.45, 7) is 7.74. The second kappa shape index (κ2) is 9.56. The average Bonchev–Trinajstić information content (AvgIpc) is 2.72. The molecule has 1 heterocycles. The van der Waals surface area contributed by atoms with Crippen LogP contribution in [0.3, 0.4) is 0 Å². The lowest BCUT2D eigenvalue weighted by Crippen LogP contribution is -2.54. The molecule has 2 aromatic rings. The summed E-state index contributed by atoms with van der Waals surface area (Å²) in [6, 6.07) is 15.0. The van der Waals surface area contributed by atoms with Crippen LogP contribution in [-0.4, -0.2) is 54.2 Å². The topological polar surface area (TPSA) is 26.8 Å². The van der Waals surface area contributed by atoms with Crippen molar-refractivity contribution in [2.75, 3.05) is 37.6 Å². The lowest BCUT2D eigenvalue weighted by atomic mass is 10.1. The fourth-order valence-corrected chi connectivity index (χ4v) is 3.75. The van der Waals surface area contributed by atoms with Crippen molar-refractivity contribution in [2.24, 2.45) is 0 Å². The fraction of sp³-hybridized carbons (Fsp3) is 0.458. The smallest absolute Gasteiger partial charge is 0.322 e. The van der Waals surface area contributed by atoms with E-state index < -0.39 is 12.3 Å². The van der Waals surface area contributed by atoms with Crippen LogP contribution in [0, 0.1) is 6.92 Å². The standard InChI is InChI=1S/C24H31F2N3O/c1-19-7-9-20(10-8-19)17-29(22-6-4-5-21(15-22)16-25)23(30)28-13-11-27(12-14-28)18-24(2,3)26/h4-10,15H,11-14,16-18H2,1-3H3. The van der Waals surface area contributed by atoms with Crippen molar-refractivity contribution in [2.45, 2.75) is 39.7 Å². The lowest BCUT2D eigenvalue weighted by molar-refractivity contribution is 0.0867. The molecular formula is C24H31F2N3O. The van der Waals surface area contributed by atoms with Crippen molar-refractivity contribution < 1.29 is 13.6 Å². The van der Waals surface area contributed by atoms with Crippen LogP contribution in [0.15, 0.2) is 48.5 Å². The molecule has 2 aromatic carbocycles. The quantitative estimate of drug-likeness (QED) is 0.667. The molecule has 3 rings (SSSR count). The number of hydrogen-bond acceptors (Lipinski definition) is 2. The number of halogens is 2. The van der Waals surface area contributed by atoms with Gasteiger partial charge in [0.05, 0.1) is 6.54 Å². The van der Waals surface area contributed by atoms with E-state index in [9.17, 15) is 13.6 Å². The van der Waals surface area contributed by atoms with Crippen LogP contribution in [-0.2, 0) is 13.2 Å². The van der Waals surface area contributed by atoms with Crippen LogP contribution in [0.5, 0.6) is 0 Å². The van der Waals surface area contributed by atoms with Crippen LogP contribution in [0.2, 0.25) is 0 Å². The van der Waals surface area contributed by atoms with Gasteiger partial charge in [-0.15, -0.1) is 0 Å². The van der Waals surface area contributed by atoms with Crippen molar-refractivity contribution in [1.82, 2.24) is 9.80 Å². The molecule has 0 radical (unpaired) electrons. The maximum absolute atomic E-state index is 14.0. The van der Waals surface area contributed by atoms with Gasteiger partial charge in [0.2, 0.25) is 0 Å². The Morgan fingerprint density at radius 1 is 1.03 bits per heavy atom. The van der Waals surface area contributed by atoms with Gasteiger partial charge in [0, 0.05) is 38.4 Å². The molecule has 1 saturated heterocycles. The van der Waals surface area contributed by atoms with E-state index in [1.807, 2.05) is 37.3 Å². The average molecular weight is 416 g/mol. The summed E-state index contributed by atoms with van der Waals surface area (Å²) < 4.78 is 27.2. The number of anilines is 1. The first kappa shape index (κ1) is 22.2. The molecule has 6 heteroatoms. The predicted octanol–water partition coefficient (Wildman–Crippen LogP) is 4.96. The molecule has 0 unspecified atom stereocenters. The first-order valence-corrected chi connectivity index (χ1v) is 10.4. The van der Waals surface area contributed by atoms with E-state index in [0.29, 0.717) is 50.5 Å². The third kappa shape index (κ3) is 6.02. The molecular weight excluding hydrogens is 384 g/mol. The molecule has 0 bridgehead atoms. The summed E-state index contributed by atoms with van der Waals surface area (Å²) in [5.74, 6) is 0. The number of benzene rings is 2. The van der Waals surface area contributed by atoms with Gasteiger partial charge in [0.25, 0.3) is 0 Å². The zero-order valence-corrected chi connectivity index (χ0v) is 18.1. The molecule has 0 saturated carbocycles. The summed E-state index contributed by atoms with van der Waals surface area (Å²) in [5.41, 5.74) is 2.14. The first-order valence-electron chi connectivity index (χ1n) is 10.4. The highest BCUT2D eigenvalue weighted by Crippen LogP contribution is 2.23. The number of amides is 2. The highest BCUT2D eigenvalue weighted by Gasteiger charge is 2.29. The summed E-state index contributed by atoms with van der Waals surface area (Å²) in [6.07, 6.45) is 0. The number of nitrogens with zero attached hydrogens (tertiary/aromatic N) is 3. The molecule has 0 aromatic heterocycles. The number of rotatable bonds is 6. The van der Waals surface area contributed by atoms with Gasteiger partial charge in [0.15, 0.2) is 0 Å². The van der Waals surface area contributed by atoms with Gasteiger partial charge in [-0.3, -0.25) is 9.80 Å². The number of hydrogen-bond donors (Lipinski definition) is 0. The molecule has 1 aliphatic rings. The van der Waals surface area contributed by atoms with E-state index >= 15 is 0 Å².